The summed E-state index contributed by atoms with van der Waals surface area (Å²) in [6.07, 6.45) is 0. The highest BCUT2D eigenvalue weighted by Gasteiger charge is 2.17. The number of rotatable bonds is 5. The van der Waals surface area contributed by atoms with Gasteiger partial charge >= 0.3 is 0 Å². The number of benzene rings is 2. The molecule has 0 unspecified atom stereocenters. The Balaban J connectivity index is 2.08. The monoisotopic (exact) mass is 324 g/mol. The first-order valence-electron chi connectivity index (χ1n) is 7.62. The molecule has 0 bridgehead atoms. The van der Waals surface area contributed by atoms with E-state index in [1.54, 1.807) is 11.3 Å². The van der Waals surface area contributed by atoms with Crippen LogP contribution in [0.3, 0.4) is 0 Å². The summed E-state index contributed by atoms with van der Waals surface area (Å²) in [6.45, 7) is 1.58. The van der Waals surface area contributed by atoms with Crippen molar-refractivity contribution in [3.8, 4) is 5.75 Å². The summed E-state index contributed by atoms with van der Waals surface area (Å²) in [5.74, 6) is 0.332. The molecule has 0 saturated carbocycles. The fourth-order valence-corrected chi connectivity index (χ4v) is 3.57. The Kier molecular flexibility index (Phi) is 4.74. The molecule has 0 fully saturated rings. The molecule has 3 nitrogen and oxygen atoms in total. The molecule has 0 aliphatic heterocycles. The van der Waals surface area contributed by atoms with Crippen LogP contribution in [0.25, 0.3) is 10.1 Å². The average molecular weight is 324 g/mol. The van der Waals surface area contributed by atoms with Gasteiger partial charge in [-0.15, -0.1) is 11.3 Å². The fourth-order valence-electron chi connectivity index (χ4n) is 2.44. The van der Waals surface area contributed by atoms with E-state index in [1.807, 2.05) is 68.7 Å². The molecule has 3 aromatic rings. The molecule has 0 aliphatic rings. The van der Waals surface area contributed by atoms with E-state index in [9.17, 15) is 5.11 Å². The minimum Gasteiger partial charge on any atom is -0.506 e. The minimum atomic E-state index is 0.332. The smallest absolute Gasteiger partial charge is 0.143 e. The average Bonchev–Trinajstić information content (AvgIpc) is 2.89. The third kappa shape index (κ3) is 3.44. The van der Waals surface area contributed by atoms with E-state index in [-0.39, 0.29) is 0 Å². The van der Waals surface area contributed by atoms with E-state index in [0.29, 0.717) is 12.3 Å². The Labute approximate surface area is 140 Å². The predicted octanol–water partition coefficient (Wildman–Crippen LogP) is 4.01. The first-order valence-corrected chi connectivity index (χ1v) is 8.44. The van der Waals surface area contributed by atoms with Crippen LogP contribution in [0.5, 0.6) is 5.75 Å². The van der Waals surface area contributed by atoms with E-state index < -0.39 is 0 Å². The maximum Gasteiger partial charge on any atom is 0.143 e. The van der Waals surface area contributed by atoms with Crippen LogP contribution in [0, 0.1) is 0 Å². The summed E-state index contributed by atoms with van der Waals surface area (Å²) in [6, 6.07) is 18.0. The van der Waals surface area contributed by atoms with Crippen LogP contribution in [0.2, 0.25) is 0 Å². The van der Waals surface area contributed by atoms with Crippen LogP contribution in [-0.4, -0.2) is 42.9 Å². The van der Waals surface area contributed by atoms with E-state index in [0.717, 1.165) is 32.8 Å². The normalized spacial score (nSPS) is 12.2. The predicted molar refractivity (Wildman–Crippen MR) is 99.0 cm³/mol. The van der Waals surface area contributed by atoms with Crippen molar-refractivity contribution in [2.75, 3.05) is 27.2 Å². The number of hydrogen-bond acceptors (Lipinski definition) is 4. The zero-order valence-electron chi connectivity index (χ0n) is 13.4. The van der Waals surface area contributed by atoms with Crippen LogP contribution in [-0.2, 0) is 0 Å². The summed E-state index contributed by atoms with van der Waals surface area (Å²) in [5.41, 5.74) is 1.90. The highest BCUT2D eigenvalue weighted by molar-refractivity contribution is 7.21. The molecule has 0 atom stereocenters. The second-order valence-corrected chi connectivity index (χ2v) is 6.73. The topological polar surface area (TPSA) is 35.8 Å². The van der Waals surface area contributed by atoms with Gasteiger partial charge in [0.25, 0.3) is 0 Å². The fraction of sp³-hybridized carbons (Fsp3) is 0.211. The number of thiophene rings is 1. The highest BCUT2D eigenvalue weighted by Crippen LogP contribution is 2.38. The molecule has 0 spiro atoms. The number of aromatic hydroxyl groups is 1. The van der Waals surface area contributed by atoms with Gasteiger partial charge in [0, 0.05) is 22.2 Å². The Morgan fingerprint density at radius 2 is 1.74 bits per heavy atom. The SMILES string of the molecule is CN(C)CCN=C(c1ccccc1)c1sc2ccccc2c1O. The van der Waals surface area contributed by atoms with E-state index >= 15 is 0 Å². The molecule has 0 amide bonds. The van der Waals surface area contributed by atoms with Crippen molar-refractivity contribution < 1.29 is 5.11 Å². The van der Waals surface area contributed by atoms with Gasteiger partial charge in [0.2, 0.25) is 0 Å². The number of likely N-dealkylation sites (N-methyl/N-ethyl adjacent to an activating group) is 1. The van der Waals surface area contributed by atoms with Crippen LogP contribution >= 0.6 is 11.3 Å². The molecule has 0 radical (unpaired) electrons. The van der Waals surface area contributed by atoms with Crippen molar-refractivity contribution in [1.29, 1.82) is 0 Å². The quantitative estimate of drug-likeness (QED) is 0.720. The Morgan fingerprint density at radius 1 is 1.04 bits per heavy atom. The lowest BCUT2D eigenvalue weighted by Gasteiger charge is -2.09. The molecular formula is C19H20N2OS. The molecule has 2 aromatic carbocycles. The zero-order valence-corrected chi connectivity index (χ0v) is 14.2. The van der Waals surface area contributed by atoms with Gasteiger partial charge in [-0.25, -0.2) is 0 Å². The molecule has 3 rings (SSSR count). The largest absolute Gasteiger partial charge is 0.506 e. The van der Waals surface area contributed by atoms with Crippen molar-refractivity contribution in [1.82, 2.24) is 4.90 Å². The number of hydrogen-bond donors (Lipinski definition) is 1. The van der Waals surface area contributed by atoms with Gasteiger partial charge in [-0.1, -0.05) is 42.5 Å². The van der Waals surface area contributed by atoms with Crippen LogP contribution < -0.4 is 0 Å². The van der Waals surface area contributed by atoms with Crippen LogP contribution in [0.4, 0.5) is 0 Å². The lowest BCUT2D eigenvalue weighted by atomic mass is 10.1. The van der Waals surface area contributed by atoms with Crippen molar-refractivity contribution in [3.05, 3.63) is 65.0 Å². The summed E-state index contributed by atoms with van der Waals surface area (Å²) < 4.78 is 1.08. The lowest BCUT2D eigenvalue weighted by Crippen LogP contribution is -2.16. The van der Waals surface area contributed by atoms with Crippen LogP contribution in [0.15, 0.2) is 59.6 Å². The summed E-state index contributed by atoms with van der Waals surface area (Å²) in [4.78, 5) is 7.74. The second kappa shape index (κ2) is 6.94. The molecule has 4 heteroatoms. The zero-order chi connectivity index (χ0) is 16.2. The molecule has 23 heavy (non-hydrogen) atoms. The van der Waals surface area contributed by atoms with Gasteiger partial charge in [0.05, 0.1) is 17.1 Å². The Hall–Kier alpha value is -2.17. The first kappa shape index (κ1) is 15.7. The van der Waals surface area contributed by atoms with Crippen molar-refractivity contribution in [2.24, 2.45) is 4.99 Å². The van der Waals surface area contributed by atoms with E-state index in [2.05, 4.69) is 4.90 Å². The molecular weight excluding hydrogens is 304 g/mol. The number of fused-ring (bicyclic) bond motifs is 1. The summed E-state index contributed by atoms with van der Waals surface area (Å²) in [7, 11) is 4.07. The maximum atomic E-state index is 10.6. The maximum absolute atomic E-state index is 10.6. The standard InChI is InChI=1S/C19H20N2OS/c1-21(2)13-12-20-17(14-8-4-3-5-9-14)19-18(22)15-10-6-7-11-16(15)23-19/h3-11,22H,12-13H2,1-2H3. The Morgan fingerprint density at radius 3 is 2.43 bits per heavy atom. The van der Waals surface area contributed by atoms with E-state index in [1.165, 1.54) is 0 Å². The van der Waals surface area contributed by atoms with Gasteiger partial charge in [0.1, 0.15) is 5.75 Å². The highest BCUT2D eigenvalue weighted by atomic mass is 32.1. The molecule has 1 heterocycles. The molecule has 0 aliphatic carbocycles. The minimum absolute atomic E-state index is 0.332. The Bertz CT molecular complexity index is 822. The van der Waals surface area contributed by atoms with Crippen molar-refractivity contribution in [3.63, 3.8) is 0 Å². The summed E-state index contributed by atoms with van der Waals surface area (Å²) >= 11 is 1.59. The van der Waals surface area contributed by atoms with Crippen molar-refractivity contribution in [2.45, 2.75) is 0 Å². The third-order valence-electron chi connectivity index (χ3n) is 3.65. The van der Waals surface area contributed by atoms with Gasteiger partial charge in [-0.05, 0) is 26.2 Å². The molecule has 1 N–H and O–H groups in total. The van der Waals surface area contributed by atoms with Crippen LogP contribution in [0.1, 0.15) is 10.4 Å². The lowest BCUT2D eigenvalue weighted by molar-refractivity contribution is 0.420. The van der Waals surface area contributed by atoms with Crippen molar-refractivity contribution >= 4 is 27.1 Å². The number of nitrogens with zero attached hydrogens (tertiary/aromatic N) is 2. The van der Waals surface area contributed by atoms with E-state index in [4.69, 9.17) is 4.99 Å². The summed E-state index contributed by atoms with van der Waals surface area (Å²) in [5, 5.41) is 11.5. The molecule has 1 aromatic heterocycles. The van der Waals surface area contributed by atoms with Gasteiger partial charge in [0.15, 0.2) is 0 Å². The first-order chi connectivity index (χ1) is 11.2. The van der Waals surface area contributed by atoms with Gasteiger partial charge in [-0.2, -0.15) is 0 Å². The second-order valence-electron chi connectivity index (χ2n) is 5.68. The molecule has 0 saturated heterocycles. The number of aliphatic imine (C=N–C) groups is 1. The van der Waals surface area contributed by atoms with Gasteiger partial charge < -0.3 is 10.0 Å². The van der Waals surface area contributed by atoms with Gasteiger partial charge in [-0.3, -0.25) is 4.99 Å². The molecule has 118 valence electrons. The third-order valence-corrected chi connectivity index (χ3v) is 4.82.